The van der Waals surface area contributed by atoms with Crippen LogP contribution in [-0.2, 0) is 0 Å². The maximum absolute atomic E-state index is 5.14. The molecule has 0 N–H and O–H groups in total. The van der Waals surface area contributed by atoms with Gasteiger partial charge in [-0.15, -0.1) is 11.3 Å². The van der Waals surface area contributed by atoms with Crippen molar-refractivity contribution in [2.45, 2.75) is 0 Å². The van der Waals surface area contributed by atoms with Gasteiger partial charge < -0.3 is 0 Å². The fourth-order valence-corrected chi connectivity index (χ4v) is 8.39. The number of fused-ring (bicyclic) bond motifs is 7. The third-order valence-electron chi connectivity index (χ3n) is 9.29. The van der Waals surface area contributed by atoms with Crippen LogP contribution in [0.15, 0.2) is 152 Å². The molecular weight excluding hydrogens is 591 g/mol. The lowest BCUT2D eigenvalue weighted by Crippen LogP contribution is -2.00. The number of benzene rings is 7. The zero-order valence-electron chi connectivity index (χ0n) is 25.2. The normalized spacial score (nSPS) is 11.8. The van der Waals surface area contributed by atoms with Gasteiger partial charge >= 0.3 is 0 Å². The Kier molecular flexibility index (Phi) is 5.74. The first-order valence-electron chi connectivity index (χ1n) is 15.8. The monoisotopic (exact) mass is 615 g/mol. The molecule has 0 spiro atoms. The van der Waals surface area contributed by atoms with E-state index in [2.05, 4.69) is 127 Å². The average molecular weight is 616 g/mol. The Morgan fingerprint density at radius 3 is 1.57 bits per heavy atom. The highest BCUT2D eigenvalue weighted by Crippen LogP contribution is 2.52. The van der Waals surface area contributed by atoms with E-state index in [-0.39, 0.29) is 0 Å². The van der Waals surface area contributed by atoms with Crippen molar-refractivity contribution < 1.29 is 0 Å². The second-order valence-electron chi connectivity index (χ2n) is 12.0. The molecule has 2 heterocycles. The van der Waals surface area contributed by atoms with Crippen LogP contribution in [0, 0.1) is 0 Å². The van der Waals surface area contributed by atoms with Gasteiger partial charge in [0.1, 0.15) is 0 Å². The van der Waals surface area contributed by atoms with Crippen LogP contribution in [0.1, 0.15) is 0 Å². The molecule has 3 nitrogen and oxygen atoms in total. The Bertz CT molecular complexity index is 2660. The number of hydrogen-bond donors (Lipinski definition) is 0. The molecule has 0 radical (unpaired) electrons. The van der Waals surface area contributed by atoms with Gasteiger partial charge in [0.2, 0.25) is 0 Å². The van der Waals surface area contributed by atoms with E-state index < -0.39 is 0 Å². The lowest BCUT2D eigenvalue weighted by molar-refractivity contribution is 1.08. The highest BCUT2D eigenvalue weighted by atomic mass is 32.1. The second kappa shape index (κ2) is 10.3. The summed E-state index contributed by atoms with van der Waals surface area (Å²) >= 11 is 1.83. The summed E-state index contributed by atoms with van der Waals surface area (Å²) in [5.74, 6) is 2.01. The number of rotatable bonds is 4. The molecule has 0 saturated heterocycles. The summed E-state index contributed by atoms with van der Waals surface area (Å²) in [5.41, 5.74) is 10.6. The van der Waals surface area contributed by atoms with Crippen molar-refractivity contribution in [1.82, 2.24) is 15.0 Å². The summed E-state index contributed by atoms with van der Waals surface area (Å²) in [6.45, 7) is 0. The number of nitrogens with zero attached hydrogens (tertiary/aromatic N) is 3. The zero-order valence-corrected chi connectivity index (χ0v) is 26.0. The predicted molar refractivity (Wildman–Crippen MR) is 196 cm³/mol. The summed E-state index contributed by atoms with van der Waals surface area (Å²) in [6, 6.07) is 53.6. The van der Waals surface area contributed by atoms with E-state index in [4.69, 9.17) is 15.0 Å². The van der Waals surface area contributed by atoms with Crippen molar-refractivity contribution in [2.75, 3.05) is 0 Å². The van der Waals surface area contributed by atoms with Gasteiger partial charge in [-0.1, -0.05) is 140 Å². The molecule has 0 amide bonds. The van der Waals surface area contributed by atoms with E-state index in [0.717, 1.165) is 22.3 Å². The van der Waals surface area contributed by atoms with E-state index >= 15 is 0 Å². The summed E-state index contributed by atoms with van der Waals surface area (Å²) in [5, 5.41) is 5.18. The molecule has 0 unspecified atom stereocenters. The molecule has 10 rings (SSSR count). The summed E-state index contributed by atoms with van der Waals surface area (Å²) in [7, 11) is 0. The topological polar surface area (TPSA) is 38.7 Å². The van der Waals surface area contributed by atoms with Gasteiger partial charge in [-0.25, -0.2) is 15.0 Å². The van der Waals surface area contributed by atoms with E-state index in [1.807, 2.05) is 35.6 Å². The van der Waals surface area contributed by atoms with Crippen molar-refractivity contribution in [2.24, 2.45) is 0 Å². The molecule has 1 aliphatic rings. The Balaban J connectivity index is 1.19. The van der Waals surface area contributed by atoms with Crippen LogP contribution in [0.5, 0.6) is 0 Å². The van der Waals surface area contributed by atoms with Gasteiger partial charge in [0.05, 0.1) is 0 Å². The van der Waals surface area contributed by atoms with Crippen LogP contribution in [0.4, 0.5) is 0 Å². The minimum Gasteiger partial charge on any atom is -0.208 e. The molecule has 0 atom stereocenters. The second-order valence-corrected chi connectivity index (χ2v) is 13.0. The molecule has 7 aromatic carbocycles. The molecule has 218 valence electrons. The quantitative estimate of drug-likeness (QED) is 0.198. The predicted octanol–water partition coefficient (Wildman–Crippen LogP) is 11.7. The SMILES string of the molecule is c1ccc(-c2ccc(-c3nc(-c4ccccc4)nc(-c4cccc5c4sc4cc6c7c(cccc7c45)-c4ccccc4-6)n3)cc2)cc1. The molecule has 47 heavy (non-hydrogen) atoms. The zero-order chi connectivity index (χ0) is 30.9. The summed E-state index contributed by atoms with van der Waals surface area (Å²) in [4.78, 5) is 15.2. The van der Waals surface area contributed by atoms with Gasteiger partial charge in [-0.3, -0.25) is 0 Å². The third-order valence-corrected chi connectivity index (χ3v) is 10.5. The molecule has 4 heteroatoms. The Morgan fingerprint density at radius 2 is 0.851 bits per heavy atom. The van der Waals surface area contributed by atoms with Crippen molar-refractivity contribution in [3.05, 3.63) is 152 Å². The van der Waals surface area contributed by atoms with Gasteiger partial charge in [-0.05, 0) is 56.3 Å². The van der Waals surface area contributed by atoms with Crippen molar-refractivity contribution in [3.8, 4) is 67.5 Å². The van der Waals surface area contributed by atoms with Crippen molar-refractivity contribution in [3.63, 3.8) is 0 Å². The van der Waals surface area contributed by atoms with Crippen LogP contribution in [0.3, 0.4) is 0 Å². The first kappa shape index (κ1) is 26.3. The highest BCUT2D eigenvalue weighted by molar-refractivity contribution is 7.26. The standard InChI is InChI=1S/C43H25N3S/c1-3-11-26(12-4-1)27-21-23-29(24-22-27)42-44-41(28-13-5-2-6-14-28)45-43(46-42)35-20-10-19-34-39-33-18-9-17-32-30-15-7-8-16-31(30)36(38(32)33)25-37(39)47-40(34)35/h1-25H. The third kappa shape index (κ3) is 4.09. The number of thiophene rings is 1. The minimum absolute atomic E-state index is 0.662. The molecule has 2 aromatic heterocycles. The van der Waals surface area contributed by atoms with Crippen LogP contribution in [-0.4, -0.2) is 15.0 Å². The Morgan fingerprint density at radius 1 is 0.340 bits per heavy atom. The van der Waals surface area contributed by atoms with Crippen molar-refractivity contribution in [1.29, 1.82) is 0 Å². The molecule has 1 aliphatic carbocycles. The molecule has 0 aliphatic heterocycles. The molecule has 0 bridgehead atoms. The van der Waals surface area contributed by atoms with Crippen LogP contribution >= 0.6 is 11.3 Å². The average Bonchev–Trinajstić information content (AvgIpc) is 3.69. The van der Waals surface area contributed by atoms with Crippen LogP contribution in [0.25, 0.3) is 98.5 Å². The fraction of sp³-hybridized carbons (Fsp3) is 0. The van der Waals surface area contributed by atoms with E-state index in [0.29, 0.717) is 17.5 Å². The highest BCUT2D eigenvalue weighted by Gasteiger charge is 2.24. The van der Waals surface area contributed by atoms with Crippen LogP contribution < -0.4 is 0 Å². The van der Waals surface area contributed by atoms with E-state index in [9.17, 15) is 0 Å². The molecule has 0 saturated carbocycles. The van der Waals surface area contributed by atoms with Gasteiger partial charge in [-0.2, -0.15) is 0 Å². The van der Waals surface area contributed by atoms with Gasteiger partial charge in [0, 0.05) is 36.9 Å². The summed E-state index contributed by atoms with van der Waals surface area (Å²) in [6.07, 6.45) is 0. The Hall–Kier alpha value is -5.97. The van der Waals surface area contributed by atoms with Gasteiger partial charge in [0.15, 0.2) is 17.5 Å². The first-order chi connectivity index (χ1) is 23.3. The van der Waals surface area contributed by atoms with Gasteiger partial charge in [0.25, 0.3) is 0 Å². The van der Waals surface area contributed by atoms with Crippen LogP contribution in [0.2, 0.25) is 0 Å². The number of hydrogen-bond acceptors (Lipinski definition) is 4. The minimum atomic E-state index is 0.662. The van der Waals surface area contributed by atoms with E-state index in [1.54, 1.807) is 0 Å². The Labute approximate surface area is 275 Å². The molecule has 9 aromatic rings. The molecule has 0 fully saturated rings. The number of aromatic nitrogens is 3. The summed E-state index contributed by atoms with van der Waals surface area (Å²) < 4.78 is 2.47. The molecular formula is C43H25N3S. The maximum Gasteiger partial charge on any atom is 0.165 e. The maximum atomic E-state index is 5.14. The largest absolute Gasteiger partial charge is 0.208 e. The van der Waals surface area contributed by atoms with Crippen molar-refractivity contribution >= 4 is 42.3 Å². The lowest BCUT2D eigenvalue weighted by Gasteiger charge is -2.10. The lowest BCUT2D eigenvalue weighted by atomic mass is 9.98. The van der Waals surface area contributed by atoms with E-state index in [1.165, 1.54) is 58.8 Å². The first-order valence-corrected chi connectivity index (χ1v) is 16.6. The smallest absolute Gasteiger partial charge is 0.165 e. The fourth-order valence-electron chi connectivity index (χ4n) is 7.12.